The van der Waals surface area contributed by atoms with Crippen molar-refractivity contribution in [2.45, 2.75) is 0 Å². The van der Waals surface area contributed by atoms with E-state index in [1.54, 1.807) is 0 Å². The van der Waals surface area contributed by atoms with E-state index in [1.807, 2.05) is 0 Å². The van der Waals surface area contributed by atoms with Crippen LogP contribution in [0.3, 0.4) is 0 Å². The van der Waals surface area contributed by atoms with Crippen molar-refractivity contribution in [3.8, 4) is 11.1 Å². The number of fused-ring (bicyclic) bond motifs is 2. The molecule has 0 radical (unpaired) electrons. The molecule has 0 aliphatic heterocycles. The molecule has 0 N–H and O–H groups in total. The Morgan fingerprint density at radius 3 is 2.35 bits per heavy atom. The van der Waals surface area contributed by atoms with Crippen LogP contribution in [0.15, 0.2) is 85.2 Å². The molecule has 0 fully saturated rings. The molecule has 1 nitrogen and oxygen atoms in total. The Balaban J connectivity index is 1.97. The maximum absolute atomic E-state index is 2.26. The summed E-state index contributed by atoms with van der Waals surface area (Å²) >= 11 is 0. The smallest absolute Gasteiger partial charge is 0.167 e. The highest BCUT2D eigenvalue weighted by atomic mass is 14.8. The van der Waals surface area contributed by atoms with Crippen LogP contribution < -0.4 is 4.40 Å². The lowest BCUT2D eigenvalue weighted by Crippen LogP contribution is -2.19. The lowest BCUT2D eigenvalue weighted by molar-refractivity contribution is -0.510. The largest absolute Gasteiger partial charge is 0.211 e. The van der Waals surface area contributed by atoms with E-state index in [0.29, 0.717) is 0 Å². The van der Waals surface area contributed by atoms with Crippen LogP contribution in [0.2, 0.25) is 0 Å². The molecule has 94 valence electrons. The molecule has 0 unspecified atom stereocenters. The molecule has 2 aromatic carbocycles. The highest BCUT2D eigenvalue weighted by Gasteiger charge is 2.05. The molecule has 0 bridgehead atoms. The van der Waals surface area contributed by atoms with E-state index in [2.05, 4.69) is 89.6 Å². The quantitative estimate of drug-likeness (QED) is 0.354. The fourth-order valence-electron chi connectivity index (χ4n) is 2.65. The predicted octanol–water partition coefficient (Wildman–Crippen LogP) is 4.25. The SMILES string of the molecule is c1ccc(-c2ccc3c[n+]4ccccc4cc3c2)cc1. The molecule has 4 aromatic rings. The van der Waals surface area contributed by atoms with Crippen molar-refractivity contribution in [2.75, 3.05) is 0 Å². The van der Waals surface area contributed by atoms with Crippen molar-refractivity contribution in [3.05, 3.63) is 85.2 Å². The van der Waals surface area contributed by atoms with Crippen LogP contribution in [0.25, 0.3) is 27.4 Å². The average molecular weight is 256 g/mol. The Kier molecular flexibility index (Phi) is 2.49. The summed E-state index contributed by atoms with van der Waals surface area (Å²) in [7, 11) is 0. The highest BCUT2D eigenvalue weighted by molar-refractivity contribution is 5.88. The van der Waals surface area contributed by atoms with Gasteiger partial charge in [-0.05, 0) is 34.7 Å². The van der Waals surface area contributed by atoms with Gasteiger partial charge >= 0.3 is 0 Å². The van der Waals surface area contributed by atoms with E-state index in [0.717, 1.165) is 0 Å². The predicted molar refractivity (Wildman–Crippen MR) is 82.5 cm³/mol. The summed E-state index contributed by atoms with van der Waals surface area (Å²) in [4.78, 5) is 0. The van der Waals surface area contributed by atoms with Gasteiger partial charge in [-0.3, -0.25) is 0 Å². The fourth-order valence-corrected chi connectivity index (χ4v) is 2.65. The molecule has 0 spiro atoms. The molecule has 1 heteroatoms. The summed E-state index contributed by atoms with van der Waals surface area (Å²) in [6.45, 7) is 0. The van der Waals surface area contributed by atoms with E-state index >= 15 is 0 Å². The van der Waals surface area contributed by atoms with Gasteiger partial charge in [-0.25, -0.2) is 0 Å². The van der Waals surface area contributed by atoms with Gasteiger partial charge in [-0.1, -0.05) is 36.4 Å². The van der Waals surface area contributed by atoms with Crippen molar-refractivity contribution < 1.29 is 4.40 Å². The van der Waals surface area contributed by atoms with Crippen LogP contribution in [-0.4, -0.2) is 0 Å². The first-order valence-electron chi connectivity index (χ1n) is 6.79. The number of benzene rings is 2. The molecular formula is C19H14N+. The van der Waals surface area contributed by atoms with Gasteiger partial charge in [0.25, 0.3) is 0 Å². The monoisotopic (exact) mass is 256 g/mol. The maximum Gasteiger partial charge on any atom is 0.211 e. The normalized spacial score (nSPS) is 11.0. The molecule has 0 amide bonds. The van der Waals surface area contributed by atoms with Crippen LogP contribution in [0.1, 0.15) is 0 Å². The zero-order valence-electron chi connectivity index (χ0n) is 11.0. The standard InChI is InChI=1S/C19H14N/c1-2-6-15(7-3-1)16-9-10-17-14-20-11-5-4-8-19(20)13-18(17)12-16/h1-14H/q+1. The average Bonchev–Trinajstić information content (AvgIpc) is 2.53. The number of rotatable bonds is 1. The Morgan fingerprint density at radius 1 is 0.600 bits per heavy atom. The third-order valence-corrected chi connectivity index (χ3v) is 3.70. The van der Waals surface area contributed by atoms with Crippen molar-refractivity contribution in [1.82, 2.24) is 0 Å². The van der Waals surface area contributed by atoms with Crippen LogP contribution >= 0.6 is 0 Å². The van der Waals surface area contributed by atoms with Gasteiger partial charge in [-0.2, -0.15) is 4.40 Å². The summed E-state index contributed by atoms with van der Waals surface area (Å²) in [5, 5.41) is 2.53. The zero-order valence-corrected chi connectivity index (χ0v) is 11.0. The Hall–Kier alpha value is -2.67. The molecule has 0 aliphatic rings. The van der Waals surface area contributed by atoms with E-state index in [1.165, 1.54) is 27.4 Å². The molecule has 2 heterocycles. The summed E-state index contributed by atoms with van der Waals surface area (Å²) in [6.07, 6.45) is 4.26. The molecule has 0 saturated heterocycles. The second-order valence-corrected chi connectivity index (χ2v) is 5.02. The minimum atomic E-state index is 1.21. The molecule has 0 saturated carbocycles. The molecular weight excluding hydrogens is 242 g/mol. The van der Waals surface area contributed by atoms with Crippen molar-refractivity contribution in [3.63, 3.8) is 0 Å². The minimum Gasteiger partial charge on any atom is -0.167 e. The van der Waals surface area contributed by atoms with Gasteiger partial charge in [0.1, 0.15) is 0 Å². The van der Waals surface area contributed by atoms with Gasteiger partial charge < -0.3 is 0 Å². The first-order chi connectivity index (χ1) is 9.90. The third kappa shape index (κ3) is 1.84. The van der Waals surface area contributed by atoms with Gasteiger partial charge in [0.05, 0.1) is 0 Å². The van der Waals surface area contributed by atoms with E-state index in [4.69, 9.17) is 0 Å². The van der Waals surface area contributed by atoms with E-state index in [-0.39, 0.29) is 0 Å². The molecule has 0 atom stereocenters. The van der Waals surface area contributed by atoms with Crippen molar-refractivity contribution >= 4 is 16.3 Å². The van der Waals surface area contributed by atoms with Crippen molar-refractivity contribution in [2.24, 2.45) is 0 Å². The van der Waals surface area contributed by atoms with Gasteiger partial charge in [0, 0.05) is 23.6 Å². The second kappa shape index (κ2) is 4.46. The van der Waals surface area contributed by atoms with Gasteiger partial charge in [0.2, 0.25) is 5.52 Å². The molecule has 4 rings (SSSR count). The zero-order chi connectivity index (χ0) is 13.4. The topological polar surface area (TPSA) is 4.10 Å². The third-order valence-electron chi connectivity index (χ3n) is 3.70. The molecule has 2 aromatic heterocycles. The Morgan fingerprint density at radius 2 is 1.45 bits per heavy atom. The van der Waals surface area contributed by atoms with Crippen LogP contribution in [0.5, 0.6) is 0 Å². The van der Waals surface area contributed by atoms with Gasteiger partial charge in [0.15, 0.2) is 12.4 Å². The number of aromatic nitrogens is 1. The summed E-state index contributed by atoms with van der Waals surface area (Å²) in [6, 6.07) is 25.6. The Bertz CT molecular complexity index is 895. The number of pyridine rings is 2. The van der Waals surface area contributed by atoms with E-state index < -0.39 is 0 Å². The fraction of sp³-hybridized carbons (Fsp3) is 0. The summed E-state index contributed by atoms with van der Waals surface area (Å²) in [5.74, 6) is 0. The summed E-state index contributed by atoms with van der Waals surface area (Å²) in [5.41, 5.74) is 3.74. The minimum absolute atomic E-state index is 1.21. The highest BCUT2D eigenvalue weighted by Crippen LogP contribution is 2.24. The number of hydrogen-bond donors (Lipinski definition) is 0. The maximum atomic E-state index is 2.26. The van der Waals surface area contributed by atoms with Gasteiger partial charge in [-0.15, -0.1) is 0 Å². The van der Waals surface area contributed by atoms with Crippen LogP contribution in [0.4, 0.5) is 0 Å². The lowest BCUT2D eigenvalue weighted by atomic mass is 10.0. The van der Waals surface area contributed by atoms with Crippen LogP contribution in [-0.2, 0) is 0 Å². The summed E-state index contributed by atoms with van der Waals surface area (Å²) < 4.78 is 2.16. The number of hydrogen-bond acceptors (Lipinski definition) is 0. The second-order valence-electron chi connectivity index (χ2n) is 5.02. The molecule has 20 heavy (non-hydrogen) atoms. The van der Waals surface area contributed by atoms with Crippen molar-refractivity contribution in [1.29, 1.82) is 0 Å². The van der Waals surface area contributed by atoms with E-state index in [9.17, 15) is 0 Å². The lowest BCUT2D eigenvalue weighted by Gasteiger charge is -2.03. The first-order valence-corrected chi connectivity index (χ1v) is 6.79. The molecule has 0 aliphatic carbocycles. The van der Waals surface area contributed by atoms with Crippen LogP contribution in [0, 0.1) is 0 Å². The Labute approximate surface area is 117 Å². The number of nitrogens with zero attached hydrogens (tertiary/aromatic N) is 1. The first kappa shape index (κ1) is 11.2.